The summed E-state index contributed by atoms with van der Waals surface area (Å²) >= 11 is 0. The lowest BCUT2D eigenvalue weighted by Crippen LogP contribution is -2.48. The number of hydrogen-bond donors (Lipinski definition) is 2. The molecule has 9 heteroatoms. The largest absolute Gasteiger partial charge is 0.396 e. The van der Waals surface area contributed by atoms with Crippen molar-refractivity contribution in [1.82, 2.24) is 5.32 Å². The summed E-state index contributed by atoms with van der Waals surface area (Å²) in [5.41, 5.74) is 1.80. The van der Waals surface area contributed by atoms with Gasteiger partial charge in [0.15, 0.2) is 0 Å². The van der Waals surface area contributed by atoms with Crippen LogP contribution in [0.15, 0.2) is 48.1 Å². The number of para-hydroxylation sites is 1. The fraction of sp³-hybridized carbons (Fsp3) is 0.593. The number of benzene rings is 1. The number of aliphatic hydroxyl groups excluding tert-OH is 1. The Kier molecular flexibility index (Phi) is 10.1. The molecule has 1 aromatic carbocycles. The van der Waals surface area contributed by atoms with Gasteiger partial charge in [-0.1, -0.05) is 35.9 Å². The third-order valence-electron chi connectivity index (χ3n) is 7.03. The van der Waals surface area contributed by atoms with Crippen LogP contribution in [-0.2, 0) is 19.5 Å². The Morgan fingerprint density at radius 3 is 2.69 bits per heavy atom. The molecule has 1 unspecified atom stereocenters. The number of amides is 1. The van der Waals surface area contributed by atoms with Gasteiger partial charge in [-0.15, -0.1) is 0 Å². The van der Waals surface area contributed by atoms with Crippen LogP contribution in [0.2, 0.25) is 0 Å². The summed E-state index contributed by atoms with van der Waals surface area (Å²) in [7, 11) is -2.05. The maximum atomic E-state index is 13.0. The Bertz CT molecular complexity index is 1050. The third-order valence-corrected chi connectivity index (χ3v) is 8.23. The van der Waals surface area contributed by atoms with Gasteiger partial charge < -0.3 is 19.9 Å². The van der Waals surface area contributed by atoms with Crippen LogP contribution in [0.25, 0.3) is 0 Å². The molecule has 2 saturated heterocycles. The van der Waals surface area contributed by atoms with E-state index in [-0.39, 0.29) is 36.9 Å². The van der Waals surface area contributed by atoms with Gasteiger partial charge in [0, 0.05) is 20.3 Å². The van der Waals surface area contributed by atoms with Crippen LogP contribution in [0.1, 0.15) is 56.3 Å². The van der Waals surface area contributed by atoms with Crippen molar-refractivity contribution in [3.8, 4) is 0 Å². The molecule has 2 fully saturated rings. The molecular weight excluding hydrogens is 480 g/mol. The van der Waals surface area contributed by atoms with E-state index < -0.39 is 10.0 Å². The molecule has 2 N–H and O–H groups in total. The predicted octanol–water partition coefficient (Wildman–Crippen LogP) is 3.43. The van der Waals surface area contributed by atoms with Crippen molar-refractivity contribution in [1.29, 1.82) is 0 Å². The van der Waals surface area contributed by atoms with Gasteiger partial charge in [0.2, 0.25) is 10.0 Å². The Morgan fingerprint density at radius 2 is 2.00 bits per heavy atom. The number of sulfonamides is 1. The third kappa shape index (κ3) is 7.90. The Morgan fingerprint density at radius 1 is 1.25 bits per heavy atom. The van der Waals surface area contributed by atoms with E-state index in [4.69, 9.17) is 9.47 Å². The van der Waals surface area contributed by atoms with Crippen LogP contribution in [0.5, 0.6) is 0 Å². The molecule has 1 aromatic rings. The number of nitrogens with zero attached hydrogens (tertiary/aromatic N) is 1. The van der Waals surface area contributed by atoms with Gasteiger partial charge in [-0.2, -0.15) is 0 Å². The van der Waals surface area contributed by atoms with Crippen molar-refractivity contribution in [2.24, 2.45) is 5.92 Å². The zero-order chi connectivity index (χ0) is 26.3. The van der Waals surface area contributed by atoms with Crippen LogP contribution < -0.4 is 9.62 Å². The summed E-state index contributed by atoms with van der Waals surface area (Å²) in [5, 5.41) is 12.4. The number of carbonyl (C=O) groups is 1. The van der Waals surface area contributed by atoms with Gasteiger partial charge in [0.05, 0.1) is 41.9 Å². The molecular formula is C27H40N2O6S. The second kappa shape index (κ2) is 12.9. The van der Waals surface area contributed by atoms with Gasteiger partial charge in [-0.3, -0.25) is 9.10 Å². The topological polar surface area (TPSA) is 105 Å². The van der Waals surface area contributed by atoms with E-state index in [0.29, 0.717) is 23.8 Å². The van der Waals surface area contributed by atoms with Gasteiger partial charge in [0.1, 0.15) is 0 Å². The summed E-state index contributed by atoms with van der Waals surface area (Å²) in [5.74, 6) is 0.00608. The average Bonchev–Trinajstić information content (AvgIpc) is 2.86. The summed E-state index contributed by atoms with van der Waals surface area (Å²) in [4.78, 5) is 13.0. The number of hydrogen-bond acceptors (Lipinski definition) is 6. The molecule has 200 valence electrons. The standard InChI is InChI=1S/C27H40N2O6S/c1-19(10-12-23-17-21(18-30)15-16-34-23)9-11-22-13-14-25(20(2)35-22)28-27(31)24-7-5-6-8-26(24)29(3)36(4,32)33/h5-10,12,20-23,25,30H,11,13-18H2,1-4H3,(H,28,31)/b12-10+,19-9+/t20-,21?,22+,23-,25-/m1/s1. The quantitative estimate of drug-likeness (QED) is 0.484. The van der Waals surface area contributed by atoms with Gasteiger partial charge >= 0.3 is 0 Å². The van der Waals surface area contributed by atoms with E-state index in [9.17, 15) is 18.3 Å². The summed E-state index contributed by atoms with van der Waals surface area (Å²) in [6.45, 7) is 4.92. The zero-order valence-electron chi connectivity index (χ0n) is 21.7. The van der Waals surface area contributed by atoms with Crippen molar-refractivity contribution >= 4 is 21.6 Å². The number of nitrogens with one attached hydrogen (secondary N) is 1. The number of allylic oxidation sites excluding steroid dienone is 2. The first-order chi connectivity index (χ1) is 17.1. The first-order valence-corrected chi connectivity index (χ1v) is 14.5. The van der Waals surface area contributed by atoms with E-state index in [1.54, 1.807) is 24.3 Å². The molecule has 2 heterocycles. The molecule has 0 aromatic heterocycles. The second-order valence-corrected chi connectivity index (χ2v) is 11.9. The van der Waals surface area contributed by atoms with E-state index in [0.717, 1.165) is 48.2 Å². The van der Waals surface area contributed by atoms with Crippen molar-refractivity contribution in [3.05, 3.63) is 53.6 Å². The van der Waals surface area contributed by atoms with E-state index in [2.05, 4.69) is 30.5 Å². The normalized spacial score (nSPS) is 27.7. The second-order valence-electron chi connectivity index (χ2n) is 9.89. The molecule has 8 nitrogen and oxygen atoms in total. The lowest BCUT2D eigenvalue weighted by atomic mass is 9.95. The van der Waals surface area contributed by atoms with Gasteiger partial charge in [-0.25, -0.2) is 8.42 Å². The lowest BCUT2D eigenvalue weighted by molar-refractivity contribution is -0.0551. The molecule has 2 aliphatic rings. The van der Waals surface area contributed by atoms with Crippen molar-refractivity contribution in [2.45, 2.75) is 70.3 Å². The molecule has 1 amide bonds. The van der Waals surface area contributed by atoms with Gasteiger partial charge in [0.25, 0.3) is 5.91 Å². The SMILES string of the molecule is CC(/C=C/[C@@H]1CC(CO)CCO1)=C\C[C@H]1CC[C@@H](NC(=O)c2ccccc2N(C)S(C)(=O)=O)[C@@H](C)O1. The molecule has 2 aliphatic heterocycles. The summed E-state index contributed by atoms with van der Waals surface area (Å²) in [6.07, 6.45) is 11.5. The molecule has 5 atom stereocenters. The maximum absolute atomic E-state index is 13.0. The fourth-order valence-electron chi connectivity index (χ4n) is 4.64. The van der Waals surface area contributed by atoms with Crippen LogP contribution in [0.3, 0.4) is 0 Å². The average molecular weight is 521 g/mol. The predicted molar refractivity (Wildman–Crippen MR) is 142 cm³/mol. The van der Waals surface area contributed by atoms with Crippen LogP contribution >= 0.6 is 0 Å². The number of rotatable bonds is 9. The molecule has 0 spiro atoms. The molecule has 3 rings (SSSR count). The number of aliphatic hydroxyl groups is 1. The minimum atomic E-state index is -3.49. The van der Waals surface area contributed by atoms with Crippen LogP contribution in [0, 0.1) is 5.92 Å². The lowest BCUT2D eigenvalue weighted by Gasteiger charge is -2.35. The highest BCUT2D eigenvalue weighted by Crippen LogP contribution is 2.26. The summed E-state index contributed by atoms with van der Waals surface area (Å²) < 4.78 is 37.1. The van der Waals surface area contributed by atoms with E-state index >= 15 is 0 Å². The molecule has 36 heavy (non-hydrogen) atoms. The number of carbonyl (C=O) groups excluding carboxylic acids is 1. The van der Waals surface area contributed by atoms with E-state index in [1.165, 1.54) is 7.05 Å². The van der Waals surface area contributed by atoms with Crippen molar-refractivity contribution in [3.63, 3.8) is 0 Å². The monoisotopic (exact) mass is 520 g/mol. The van der Waals surface area contributed by atoms with Crippen LogP contribution in [0.4, 0.5) is 5.69 Å². The Hall–Kier alpha value is -2.20. The van der Waals surface area contributed by atoms with Gasteiger partial charge in [-0.05, 0) is 64.0 Å². The smallest absolute Gasteiger partial charge is 0.253 e. The molecule has 0 bridgehead atoms. The maximum Gasteiger partial charge on any atom is 0.253 e. The highest BCUT2D eigenvalue weighted by molar-refractivity contribution is 7.92. The first-order valence-electron chi connectivity index (χ1n) is 12.6. The highest BCUT2D eigenvalue weighted by Gasteiger charge is 2.30. The molecule has 0 aliphatic carbocycles. The molecule has 0 saturated carbocycles. The number of anilines is 1. The highest BCUT2D eigenvalue weighted by atomic mass is 32.2. The zero-order valence-corrected chi connectivity index (χ0v) is 22.5. The van der Waals surface area contributed by atoms with Crippen molar-refractivity contribution < 1.29 is 27.8 Å². The van der Waals surface area contributed by atoms with Crippen molar-refractivity contribution in [2.75, 3.05) is 30.8 Å². The first kappa shape index (κ1) is 28.4. The van der Waals surface area contributed by atoms with E-state index in [1.807, 2.05) is 6.92 Å². The Labute approximate surface area is 215 Å². The number of ether oxygens (including phenoxy) is 2. The molecule has 0 radical (unpaired) electrons. The Balaban J connectivity index is 1.52. The minimum Gasteiger partial charge on any atom is -0.396 e. The minimum absolute atomic E-state index is 0.0527. The van der Waals surface area contributed by atoms with Crippen LogP contribution in [-0.4, -0.2) is 70.3 Å². The summed E-state index contributed by atoms with van der Waals surface area (Å²) in [6, 6.07) is 6.54. The fourth-order valence-corrected chi connectivity index (χ4v) is 5.16.